The molecule has 0 saturated carbocycles. The molecular formula is C7H9F3NO7S2-. The number of rotatable bonds is 4. The molecule has 1 rings (SSSR count). The molecule has 0 aromatic carbocycles. The Bertz CT molecular complexity index is 607. The van der Waals surface area contributed by atoms with Gasteiger partial charge >= 0.3 is 11.5 Å². The highest BCUT2D eigenvalue weighted by Crippen LogP contribution is 2.35. The predicted octanol–water partition coefficient (Wildman–Crippen LogP) is 0.423. The molecule has 0 spiro atoms. The zero-order valence-electron chi connectivity index (χ0n) is 10.0. The lowest BCUT2D eigenvalue weighted by atomic mass is 9.90. The molecule has 0 aromatic rings. The van der Waals surface area contributed by atoms with Crippen molar-refractivity contribution < 1.29 is 43.7 Å². The Morgan fingerprint density at radius 2 is 1.80 bits per heavy atom. The second-order valence-electron chi connectivity index (χ2n) is 4.50. The summed E-state index contributed by atoms with van der Waals surface area (Å²) in [5.74, 6) is -1.14. The summed E-state index contributed by atoms with van der Waals surface area (Å²) in [6.45, 7) is 2.45. The Kier molecular flexibility index (Phi) is 4.13. The Morgan fingerprint density at radius 1 is 1.30 bits per heavy atom. The van der Waals surface area contributed by atoms with Gasteiger partial charge in [0.15, 0.2) is 16.1 Å². The lowest BCUT2D eigenvalue weighted by Gasteiger charge is -2.26. The van der Waals surface area contributed by atoms with E-state index in [1.54, 1.807) is 4.13 Å². The largest absolute Gasteiger partial charge is 0.480 e. The van der Waals surface area contributed by atoms with Gasteiger partial charge in [-0.25, -0.2) is 21.6 Å². The van der Waals surface area contributed by atoms with Crippen molar-refractivity contribution in [3.63, 3.8) is 0 Å². The highest BCUT2D eigenvalue weighted by atomic mass is 32.3. The molecule has 118 valence electrons. The maximum absolute atomic E-state index is 12.0. The second kappa shape index (κ2) is 4.82. The summed E-state index contributed by atoms with van der Waals surface area (Å²) in [6.07, 6.45) is -1.78. The van der Waals surface area contributed by atoms with Gasteiger partial charge in [0.25, 0.3) is 0 Å². The third-order valence-electron chi connectivity index (χ3n) is 2.21. The first-order valence-electron chi connectivity index (χ1n) is 4.83. The van der Waals surface area contributed by atoms with E-state index >= 15 is 0 Å². The van der Waals surface area contributed by atoms with E-state index in [0.717, 1.165) is 0 Å². The van der Waals surface area contributed by atoms with E-state index in [1.807, 2.05) is 0 Å². The Labute approximate surface area is 112 Å². The Balaban J connectivity index is 2.95. The van der Waals surface area contributed by atoms with Gasteiger partial charge in [-0.15, -0.1) is 0 Å². The van der Waals surface area contributed by atoms with Gasteiger partial charge < -0.3 is 8.86 Å². The van der Waals surface area contributed by atoms with E-state index in [1.165, 1.54) is 13.8 Å². The van der Waals surface area contributed by atoms with Crippen LogP contribution in [-0.4, -0.2) is 41.0 Å². The molecule has 20 heavy (non-hydrogen) atoms. The van der Waals surface area contributed by atoms with Crippen molar-refractivity contribution in [3.8, 4) is 0 Å². The number of carbonyl (C=O) groups is 1. The van der Waals surface area contributed by atoms with Gasteiger partial charge in [0.1, 0.15) is 0 Å². The molecular weight excluding hydrogens is 331 g/mol. The van der Waals surface area contributed by atoms with Crippen LogP contribution in [0.25, 0.3) is 4.13 Å². The van der Waals surface area contributed by atoms with E-state index in [9.17, 15) is 34.8 Å². The highest BCUT2D eigenvalue weighted by Gasteiger charge is 2.47. The van der Waals surface area contributed by atoms with Crippen LogP contribution in [-0.2, 0) is 34.0 Å². The summed E-state index contributed by atoms with van der Waals surface area (Å²) in [5, 5.41) is 0. The maximum Gasteiger partial charge on any atom is 0.480 e. The SMILES string of the molecule is CC1(C)COC(=O)C1OS(=O)(=O)[N-]S(=O)(=O)C(F)(F)F. The van der Waals surface area contributed by atoms with Gasteiger partial charge in [0.05, 0.1) is 6.61 Å². The van der Waals surface area contributed by atoms with Crippen LogP contribution in [0.3, 0.4) is 0 Å². The van der Waals surface area contributed by atoms with Crippen molar-refractivity contribution in [2.75, 3.05) is 6.61 Å². The molecule has 13 heteroatoms. The van der Waals surface area contributed by atoms with Gasteiger partial charge in [-0.05, 0) is 0 Å². The molecule has 8 nitrogen and oxygen atoms in total. The fourth-order valence-electron chi connectivity index (χ4n) is 1.20. The second-order valence-corrected chi connectivity index (χ2v) is 7.55. The first kappa shape index (κ1) is 17.1. The Morgan fingerprint density at radius 3 is 2.15 bits per heavy atom. The van der Waals surface area contributed by atoms with Crippen LogP contribution in [0.4, 0.5) is 13.2 Å². The van der Waals surface area contributed by atoms with Crippen LogP contribution >= 0.6 is 0 Å². The fourth-order valence-corrected chi connectivity index (χ4v) is 3.22. The van der Waals surface area contributed by atoms with E-state index in [-0.39, 0.29) is 6.61 Å². The molecule has 0 aliphatic carbocycles. The molecule has 1 heterocycles. The smallest absolute Gasteiger partial charge is 0.463 e. The molecule has 1 aliphatic heterocycles. The summed E-state index contributed by atoms with van der Waals surface area (Å²) in [4.78, 5) is 11.2. The zero-order chi connectivity index (χ0) is 16.0. The summed E-state index contributed by atoms with van der Waals surface area (Å²) in [7, 11) is -11.8. The Hall–Kier alpha value is -0.920. The van der Waals surface area contributed by atoms with E-state index in [0.29, 0.717) is 0 Å². The topological polar surface area (TPSA) is 118 Å². The summed E-state index contributed by atoms with van der Waals surface area (Å²) in [6, 6.07) is 0. The third-order valence-corrected chi connectivity index (χ3v) is 4.75. The van der Waals surface area contributed by atoms with Crippen molar-refractivity contribution >= 4 is 26.3 Å². The number of sulfonamides is 1. The number of esters is 1. The first-order valence-corrected chi connectivity index (χ1v) is 7.64. The molecule has 0 aromatic heterocycles. The molecule has 0 amide bonds. The number of ether oxygens (including phenoxy) is 1. The lowest BCUT2D eigenvalue weighted by molar-refractivity contribution is -0.143. The summed E-state index contributed by atoms with van der Waals surface area (Å²) >= 11 is 0. The van der Waals surface area contributed by atoms with Crippen molar-refractivity contribution in [2.24, 2.45) is 5.41 Å². The third kappa shape index (κ3) is 3.59. The molecule has 1 unspecified atom stereocenters. The van der Waals surface area contributed by atoms with E-state index in [2.05, 4.69) is 8.92 Å². The number of hydrogen-bond donors (Lipinski definition) is 0. The van der Waals surface area contributed by atoms with Gasteiger partial charge in [-0.3, -0.25) is 4.18 Å². The van der Waals surface area contributed by atoms with Crippen molar-refractivity contribution in [1.82, 2.24) is 0 Å². The monoisotopic (exact) mass is 340 g/mol. The standard InChI is InChI=1S/C7H9F3NO7S2/c1-6(2)3-17-5(12)4(6)18-20(15,16)11-19(13,14)7(8,9)10/h4H,3H2,1-2H3/q-1. The van der Waals surface area contributed by atoms with Crippen LogP contribution in [0.1, 0.15) is 13.8 Å². The first-order chi connectivity index (χ1) is 8.68. The number of alkyl halides is 3. The van der Waals surface area contributed by atoms with Crippen LogP contribution in [0, 0.1) is 5.41 Å². The normalized spacial score (nSPS) is 23.6. The number of cyclic esters (lactones) is 1. The van der Waals surface area contributed by atoms with E-state index in [4.69, 9.17) is 0 Å². The lowest BCUT2D eigenvalue weighted by Crippen LogP contribution is -2.35. The van der Waals surface area contributed by atoms with Crippen LogP contribution in [0.2, 0.25) is 0 Å². The molecule has 1 fully saturated rings. The fraction of sp³-hybridized carbons (Fsp3) is 0.857. The number of carbonyl (C=O) groups excluding carboxylic acids is 1. The van der Waals surface area contributed by atoms with Crippen LogP contribution in [0.5, 0.6) is 0 Å². The number of hydrogen-bond acceptors (Lipinski definition) is 7. The van der Waals surface area contributed by atoms with Crippen molar-refractivity contribution in [2.45, 2.75) is 25.5 Å². The molecule has 0 N–H and O–H groups in total. The minimum absolute atomic E-state index is 0.238. The summed E-state index contributed by atoms with van der Waals surface area (Å²) in [5.41, 5.74) is -7.06. The van der Waals surface area contributed by atoms with Crippen molar-refractivity contribution in [3.05, 3.63) is 4.13 Å². The van der Waals surface area contributed by atoms with Gasteiger partial charge in [0.2, 0.25) is 10.3 Å². The van der Waals surface area contributed by atoms with E-state index < -0.39 is 43.3 Å². The molecule has 0 bridgehead atoms. The minimum Gasteiger partial charge on any atom is -0.463 e. The summed E-state index contributed by atoms with van der Waals surface area (Å²) < 4.78 is 89.9. The van der Waals surface area contributed by atoms with Gasteiger partial charge in [0, 0.05) is 5.41 Å². The molecule has 1 saturated heterocycles. The quantitative estimate of drug-likeness (QED) is 0.681. The molecule has 1 atom stereocenters. The van der Waals surface area contributed by atoms with Crippen LogP contribution < -0.4 is 0 Å². The van der Waals surface area contributed by atoms with Crippen LogP contribution in [0.15, 0.2) is 0 Å². The number of nitrogens with zero attached hydrogens (tertiary/aromatic N) is 1. The number of halogens is 3. The highest BCUT2D eigenvalue weighted by molar-refractivity contribution is 8.10. The van der Waals surface area contributed by atoms with Gasteiger partial charge in [-0.2, -0.15) is 13.2 Å². The molecule has 0 radical (unpaired) electrons. The average molecular weight is 340 g/mol. The zero-order valence-corrected chi connectivity index (χ0v) is 11.7. The molecule has 1 aliphatic rings. The van der Waals surface area contributed by atoms with Crippen molar-refractivity contribution in [1.29, 1.82) is 0 Å². The predicted molar refractivity (Wildman–Crippen MR) is 56.9 cm³/mol. The maximum atomic E-state index is 12.0. The minimum atomic E-state index is -6.29. The van der Waals surface area contributed by atoms with Gasteiger partial charge in [-0.1, -0.05) is 13.8 Å². The average Bonchev–Trinajstić information content (AvgIpc) is 2.41.